The van der Waals surface area contributed by atoms with E-state index >= 15 is 0 Å². The number of amides is 1. The highest BCUT2D eigenvalue weighted by Crippen LogP contribution is 2.27. The van der Waals surface area contributed by atoms with Gasteiger partial charge in [0.15, 0.2) is 0 Å². The summed E-state index contributed by atoms with van der Waals surface area (Å²) in [5.41, 5.74) is 3.01. The van der Waals surface area contributed by atoms with Crippen LogP contribution in [0.15, 0.2) is 18.2 Å². The Morgan fingerprint density at radius 3 is 2.80 bits per heavy atom. The lowest BCUT2D eigenvalue weighted by Gasteiger charge is -2.31. The zero-order chi connectivity index (χ0) is 14.5. The second-order valence-electron chi connectivity index (χ2n) is 5.40. The molecule has 2 rings (SSSR count). The first-order valence-electron chi connectivity index (χ1n) is 7.15. The molecule has 1 saturated carbocycles. The van der Waals surface area contributed by atoms with E-state index in [2.05, 4.69) is 17.2 Å². The topological polar surface area (TPSA) is 58.4 Å². The van der Waals surface area contributed by atoms with Crippen LogP contribution in [0, 0.1) is 11.7 Å². The Morgan fingerprint density at radius 2 is 2.25 bits per heavy atom. The summed E-state index contributed by atoms with van der Waals surface area (Å²) < 4.78 is 13.9. The largest absolute Gasteiger partial charge is 0.299 e. The lowest BCUT2D eigenvalue weighted by Crippen LogP contribution is -2.33. The predicted molar refractivity (Wildman–Crippen MR) is 76.3 cm³/mol. The first kappa shape index (κ1) is 14.9. The molecule has 5 heteroatoms. The van der Waals surface area contributed by atoms with E-state index in [9.17, 15) is 9.18 Å². The third-order valence-electron chi connectivity index (χ3n) is 4.02. The Balaban J connectivity index is 2.07. The lowest BCUT2D eigenvalue weighted by atomic mass is 9.85. The molecule has 0 unspecified atom stereocenters. The summed E-state index contributed by atoms with van der Waals surface area (Å²) in [6, 6.07) is 4.36. The number of carbonyl (C=O) groups excluding carboxylic acids is 1. The smallest absolute Gasteiger partial charge is 0.265 e. The third-order valence-corrected chi connectivity index (χ3v) is 4.02. The van der Waals surface area contributed by atoms with Gasteiger partial charge in [0.1, 0.15) is 5.82 Å². The van der Waals surface area contributed by atoms with Crippen molar-refractivity contribution >= 4 is 5.91 Å². The van der Waals surface area contributed by atoms with Crippen LogP contribution in [0.3, 0.4) is 0 Å². The SMILES string of the molecule is CCN(Cc1cc(C(=O)NN)ccc1F)CC1CCC1. The maximum absolute atomic E-state index is 13.9. The van der Waals surface area contributed by atoms with Crippen molar-refractivity contribution in [2.24, 2.45) is 11.8 Å². The summed E-state index contributed by atoms with van der Waals surface area (Å²) >= 11 is 0. The van der Waals surface area contributed by atoms with E-state index in [0.29, 0.717) is 17.7 Å². The minimum absolute atomic E-state index is 0.273. The molecule has 0 atom stereocenters. The molecule has 20 heavy (non-hydrogen) atoms. The number of halogens is 1. The molecule has 0 spiro atoms. The number of hydrogen-bond acceptors (Lipinski definition) is 3. The molecule has 1 aliphatic rings. The van der Waals surface area contributed by atoms with E-state index in [0.717, 1.165) is 19.0 Å². The number of hydrogen-bond donors (Lipinski definition) is 2. The first-order chi connectivity index (χ1) is 9.63. The molecule has 3 N–H and O–H groups in total. The molecule has 0 radical (unpaired) electrons. The molecule has 0 aliphatic heterocycles. The number of rotatable bonds is 6. The highest BCUT2D eigenvalue weighted by molar-refractivity contribution is 5.93. The van der Waals surface area contributed by atoms with Crippen molar-refractivity contribution in [3.63, 3.8) is 0 Å². The van der Waals surface area contributed by atoms with Gasteiger partial charge in [-0.3, -0.25) is 15.1 Å². The van der Waals surface area contributed by atoms with Gasteiger partial charge in [0.25, 0.3) is 5.91 Å². The van der Waals surface area contributed by atoms with Gasteiger partial charge < -0.3 is 0 Å². The van der Waals surface area contributed by atoms with Crippen molar-refractivity contribution in [2.75, 3.05) is 13.1 Å². The van der Waals surface area contributed by atoms with Crippen molar-refractivity contribution in [3.8, 4) is 0 Å². The minimum atomic E-state index is -0.395. The average Bonchev–Trinajstić information content (AvgIpc) is 2.42. The zero-order valence-electron chi connectivity index (χ0n) is 11.9. The number of nitrogens with two attached hydrogens (primary N) is 1. The molecule has 1 amide bonds. The number of nitrogens with one attached hydrogen (secondary N) is 1. The van der Waals surface area contributed by atoms with Gasteiger partial charge in [0.2, 0.25) is 0 Å². The second-order valence-corrected chi connectivity index (χ2v) is 5.40. The van der Waals surface area contributed by atoms with E-state index in [-0.39, 0.29) is 5.82 Å². The normalized spacial score (nSPS) is 15.2. The summed E-state index contributed by atoms with van der Waals surface area (Å²) in [6.07, 6.45) is 3.85. The van der Waals surface area contributed by atoms with Gasteiger partial charge in [-0.05, 0) is 43.5 Å². The van der Waals surface area contributed by atoms with Gasteiger partial charge in [-0.25, -0.2) is 10.2 Å². The summed E-state index contributed by atoms with van der Waals surface area (Å²) in [4.78, 5) is 13.7. The van der Waals surface area contributed by atoms with Crippen LogP contribution in [0.25, 0.3) is 0 Å². The van der Waals surface area contributed by atoms with Crippen LogP contribution in [-0.2, 0) is 6.54 Å². The van der Waals surface area contributed by atoms with Crippen molar-refractivity contribution in [1.29, 1.82) is 0 Å². The molecular weight excluding hydrogens is 257 g/mol. The molecule has 1 aromatic carbocycles. The number of hydrazine groups is 1. The fraction of sp³-hybridized carbons (Fsp3) is 0.533. The minimum Gasteiger partial charge on any atom is -0.299 e. The van der Waals surface area contributed by atoms with Crippen LogP contribution in [0.5, 0.6) is 0 Å². The molecule has 0 aromatic heterocycles. The molecule has 0 saturated heterocycles. The molecule has 1 aromatic rings. The maximum atomic E-state index is 13.9. The molecule has 110 valence electrons. The van der Waals surface area contributed by atoms with Crippen molar-refractivity contribution in [3.05, 3.63) is 35.1 Å². The summed E-state index contributed by atoms with van der Waals surface area (Å²) in [5, 5.41) is 0. The van der Waals surface area contributed by atoms with Gasteiger partial charge >= 0.3 is 0 Å². The van der Waals surface area contributed by atoms with E-state index < -0.39 is 5.91 Å². The standard InChI is InChI=1S/C15H22FN3O/c1-2-19(9-11-4-3-5-11)10-13-8-12(15(20)18-17)6-7-14(13)16/h6-8,11H,2-5,9-10,17H2,1H3,(H,18,20). The number of nitrogens with zero attached hydrogens (tertiary/aromatic N) is 1. The fourth-order valence-electron chi connectivity index (χ4n) is 2.51. The predicted octanol–water partition coefficient (Wildman–Crippen LogP) is 2.05. The van der Waals surface area contributed by atoms with Gasteiger partial charge in [0.05, 0.1) is 0 Å². The van der Waals surface area contributed by atoms with Gasteiger partial charge in [-0.2, -0.15) is 0 Å². The summed E-state index contributed by atoms with van der Waals surface area (Å²) in [6.45, 7) is 4.49. The Bertz CT molecular complexity index is 474. The van der Waals surface area contributed by atoms with Crippen LogP contribution in [0.2, 0.25) is 0 Å². The van der Waals surface area contributed by atoms with E-state index in [4.69, 9.17) is 5.84 Å². The van der Waals surface area contributed by atoms with Crippen LogP contribution in [0.4, 0.5) is 4.39 Å². The summed E-state index contributed by atoms with van der Waals surface area (Å²) in [5.74, 6) is 5.18. The van der Waals surface area contributed by atoms with Crippen LogP contribution < -0.4 is 11.3 Å². The third kappa shape index (κ3) is 3.55. The van der Waals surface area contributed by atoms with Gasteiger partial charge in [-0.15, -0.1) is 0 Å². The quantitative estimate of drug-likeness (QED) is 0.476. The van der Waals surface area contributed by atoms with Gasteiger partial charge in [0, 0.05) is 24.2 Å². The zero-order valence-corrected chi connectivity index (χ0v) is 11.9. The van der Waals surface area contributed by atoms with Crippen LogP contribution >= 0.6 is 0 Å². The van der Waals surface area contributed by atoms with Crippen molar-refractivity contribution in [2.45, 2.75) is 32.7 Å². The molecule has 1 fully saturated rings. The molecule has 1 aliphatic carbocycles. The highest BCUT2D eigenvalue weighted by atomic mass is 19.1. The highest BCUT2D eigenvalue weighted by Gasteiger charge is 2.21. The Labute approximate surface area is 119 Å². The van der Waals surface area contributed by atoms with E-state index in [1.165, 1.54) is 31.4 Å². The number of nitrogen functional groups attached to an aromatic ring is 1. The summed E-state index contributed by atoms with van der Waals surface area (Å²) in [7, 11) is 0. The van der Waals surface area contributed by atoms with Crippen molar-refractivity contribution < 1.29 is 9.18 Å². The second kappa shape index (κ2) is 6.81. The van der Waals surface area contributed by atoms with Crippen LogP contribution in [0.1, 0.15) is 42.1 Å². The number of benzene rings is 1. The average molecular weight is 279 g/mol. The molecule has 4 nitrogen and oxygen atoms in total. The monoisotopic (exact) mass is 279 g/mol. The molecular formula is C15H22FN3O. The van der Waals surface area contributed by atoms with E-state index in [1.54, 1.807) is 6.07 Å². The number of carbonyl (C=O) groups is 1. The fourth-order valence-corrected chi connectivity index (χ4v) is 2.51. The molecule has 0 heterocycles. The van der Waals surface area contributed by atoms with Crippen molar-refractivity contribution in [1.82, 2.24) is 10.3 Å². The maximum Gasteiger partial charge on any atom is 0.265 e. The Morgan fingerprint density at radius 1 is 1.50 bits per heavy atom. The van der Waals surface area contributed by atoms with E-state index in [1.807, 2.05) is 0 Å². The Kier molecular flexibility index (Phi) is 5.09. The van der Waals surface area contributed by atoms with Gasteiger partial charge in [-0.1, -0.05) is 13.3 Å². The lowest BCUT2D eigenvalue weighted by molar-refractivity contribution is 0.0953. The molecule has 0 bridgehead atoms. The first-order valence-corrected chi connectivity index (χ1v) is 7.15. The Hall–Kier alpha value is -1.46. The van der Waals surface area contributed by atoms with Crippen LogP contribution in [-0.4, -0.2) is 23.9 Å².